The molecule has 2 aliphatic rings. The smallest absolute Gasteiger partial charge is 0.239 e. The van der Waals surface area contributed by atoms with E-state index in [1.165, 1.54) is 5.56 Å². The van der Waals surface area contributed by atoms with Gasteiger partial charge in [-0.1, -0.05) is 30.3 Å². The number of carbonyl (C=O) groups excluding carboxylic acids is 1. The van der Waals surface area contributed by atoms with Crippen molar-refractivity contribution >= 4 is 35.8 Å². The number of amides is 1. The highest BCUT2D eigenvalue weighted by molar-refractivity contribution is 14.0. The minimum Gasteiger partial charge on any atom is -0.354 e. The molecule has 31 heavy (non-hydrogen) atoms. The third kappa shape index (κ3) is 6.79. The van der Waals surface area contributed by atoms with Crippen molar-refractivity contribution in [3.05, 3.63) is 35.9 Å². The Labute approximate surface area is 204 Å². The van der Waals surface area contributed by atoms with E-state index in [9.17, 15) is 4.79 Å². The van der Waals surface area contributed by atoms with Crippen molar-refractivity contribution in [3.8, 4) is 0 Å². The number of likely N-dealkylation sites (N-methyl/N-ethyl adjacent to an activating group) is 1. The topological polar surface area (TPSA) is 54.4 Å². The molecule has 2 unspecified atom stereocenters. The van der Waals surface area contributed by atoms with Crippen molar-refractivity contribution in [1.29, 1.82) is 0 Å². The first-order valence-electron chi connectivity index (χ1n) is 11.2. The minimum absolute atomic E-state index is 0. The molecule has 0 aromatic heterocycles. The van der Waals surface area contributed by atoms with Gasteiger partial charge in [-0.25, -0.2) is 0 Å². The van der Waals surface area contributed by atoms with Crippen molar-refractivity contribution < 1.29 is 4.79 Å². The lowest BCUT2D eigenvalue weighted by molar-refractivity contribution is -0.135. The summed E-state index contributed by atoms with van der Waals surface area (Å²) >= 11 is 0. The molecule has 7 nitrogen and oxygen atoms in total. The standard InChI is InChI=1S/C23H38N6O.HI/c1-19(22(30)28-12-8-9-13-28)27-14-16-29(17-15-27)23(24-2)25-18-21(26(3)4)20-10-6-5-7-11-20;/h5-7,10-11,19,21H,8-9,12-18H2,1-4H3,(H,24,25);1H. The second kappa shape index (κ2) is 12.6. The number of nitrogens with one attached hydrogen (secondary N) is 1. The summed E-state index contributed by atoms with van der Waals surface area (Å²) < 4.78 is 0. The zero-order valence-corrected chi connectivity index (χ0v) is 21.8. The van der Waals surface area contributed by atoms with Gasteiger partial charge < -0.3 is 20.0 Å². The Balaban J connectivity index is 0.00000341. The zero-order valence-electron chi connectivity index (χ0n) is 19.5. The molecular weight excluding hydrogens is 503 g/mol. The van der Waals surface area contributed by atoms with Crippen LogP contribution in [0.3, 0.4) is 0 Å². The van der Waals surface area contributed by atoms with Crippen LogP contribution in [0, 0.1) is 0 Å². The molecule has 0 aliphatic carbocycles. The predicted octanol–water partition coefficient (Wildman–Crippen LogP) is 2.11. The second-order valence-corrected chi connectivity index (χ2v) is 8.55. The van der Waals surface area contributed by atoms with Gasteiger partial charge in [0.2, 0.25) is 5.91 Å². The molecule has 2 aliphatic heterocycles. The summed E-state index contributed by atoms with van der Waals surface area (Å²) in [4.78, 5) is 26.1. The largest absolute Gasteiger partial charge is 0.354 e. The van der Waals surface area contributed by atoms with Gasteiger partial charge in [0, 0.05) is 52.9 Å². The SMILES string of the molecule is CN=C(NCC(c1ccccc1)N(C)C)N1CCN(C(C)C(=O)N2CCCC2)CC1.I. The lowest BCUT2D eigenvalue weighted by atomic mass is 10.1. The van der Waals surface area contributed by atoms with Crippen molar-refractivity contribution in [2.24, 2.45) is 4.99 Å². The molecule has 1 N–H and O–H groups in total. The Hall–Kier alpha value is -1.39. The number of rotatable bonds is 6. The van der Waals surface area contributed by atoms with Crippen molar-refractivity contribution in [1.82, 2.24) is 24.9 Å². The van der Waals surface area contributed by atoms with E-state index in [0.717, 1.165) is 64.6 Å². The van der Waals surface area contributed by atoms with Crippen LogP contribution in [0.1, 0.15) is 31.4 Å². The van der Waals surface area contributed by atoms with Gasteiger partial charge in [0.15, 0.2) is 5.96 Å². The summed E-state index contributed by atoms with van der Waals surface area (Å²) in [6.45, 7) is 8.25. The number of benzene rings is 1. The van der Waals surface area contributed by atoms with Crippen LogP contribution in [0.15, 0.2) is 35.3 Å². The van der Waals surface area contributed by atoms with E-state index < -0.39 is 0 Å². The quantitative estimate of drug-likeness (QED) is 0.339. The van der Waals surface area contributed by atoms with Gasteiger partial charge >= 0.3 is 0 Å². The number of aliphatic imine (C=N–C) groups is 1. The van der Waals surface area contributed by atoms with Crippen molar-refractivity contribution in [2.75, 3.05) is 67.0 Å². The van der Waals surface area contributed by atoms with Gasteiger partial charge in [0.25, 0.3) is 0 Å². The van der Waals surface area contributed by atoms with Crippen molar-refractivity contribution in [2.45, 2.75) is 31.8 Å². The average molecular weight is 543 g/mol. The summed E-state index contributed by atoms with van der Waals surface area (Å²) in [7, 11) is 6.07. The molecule has 0 saturated carbocycles. The van der Waals surface area contributed by atoms with E-state index in [0.29, 0.717) is 5.91 Å². The maximum Gasteiger partial charge on any atom is 0.239 e. The van der Waals surface area contributed by atoms with E-state index >= 15 is 0 Å². The first-order valence-corrected chi connectivity index (χ1v) is 11.2. The molecule has 1 aromatic carbocycles. The number of carbonyl (C=O) groups is 1. The highest BCUT2D eigenvalue weighted by atomic mass is 127. The molecule has 2 fully saturated rings. The summed E-state index contributed by atoms with van der Waals surface area (Å²) in [5, 5.41) is 3.57. The number of nitrogens with zero attached hydrogens (tertiary/aromatic N) is 5. The summed E-state index contributed by atoms with van der Waals surface area (Å²) in [6.07, 6.45) is 2.29. The third-order valence-corrected chi connectivity index (χ3v) is 6.41. The molecule has 0 radical (unpaired) electrons. The fraction of sp³-hybridized carbons (Fsp3) is 0.652. The van der Waals surface area contributed by atoms with Crippen LogP contribution in [0.25, 0.3) is 0 Å². The van der Waals surface area contributed by atoms with Gasteiger partial charge in [0.05, 0.1) is 12.1 Å². The Morgan fingerprint density at radius 3 is 2.19 bits per heavy atom. The first kappa shape index (κ1) is 25.9. The fourth-order valence-electron chi connectivity index (χ4n) is 4.47. The van der Waals surface area contributed by atoms with Gasteiger partial charge in [-0.2, -0.15) is 0 Å². The van der Waals surface area contributed by atoms with E-state index in [2.05, 4.69) is 76.4 Å². The molecule has 1 amide bonds. The monoisotopic (exact) mass is 542 g/mol. The summed E-state index contributed by atoms with van der Waals surface area (Å²) in [6, 6.07) is 10.8. The summed E-state index contributed by atoms with van der Waals surface area (Å²) in [5.74, 6) is 1.23. The van der Waals surface area contributed by atoms with Crippen LogP contribution >= 0.6 is 24.0 Å². The lowest BCUT2D eigenvalue weighted by Gasteiger charge is -2.40. The molecule has 8 heteroatoms. The molecule has 2 saturated heterocycles. The maximum atomic E-state index is 12.7. The van der Waals surface area contributed by atoms with Crippen LogP contribution in [0.5, 0.6) is 0 Å². The molecule has 0 spiro atoms. The molecule has 174 valence electrons. The second-order valence-electron chi connectivity index (χ2n) is 8.55. The number of guanidine groups is 1. The van der Waals surface area contributed by atoms with Crippen molar-refractivity contribution in [3.63, 3.8) is 0 Å². The average Bonchev–Trinajstić information content (AvgIpc) is 3.31. The molecule has 3 rings (SSSR count). The number of likely N-dealkylation sites (tertiary alicyclic amines) is 1. The Kier molecular flexibility index (Phi) is 10.5. The molecule has 1 aromatic rings. The van der Waals surface area contributed by atoms with E-state index in [-0.39, 0.29) is 36.1 Å². The van der Waals surface area contributed by atoms with Gasteiger partial charge in [-0.05, 0) is 39.4 Å². The van der Waals surface area contributed by atoms with Crippen LogP contribution in [0.2, 0.25) is 0 Å². The van der Waals surface area contributed by atoms with Gasteiger partial charge in [-0.15, -0.1) is 24.0 Å². The Bertz CT molecular complexity index is 699. The zero-order chi connectivity index (χ0) is 21.5. The molecular formula is C23H39IN6O. The van der Waals surface area contributed by atoms with Crippen LogP contribution in [-0.4, -0.2) is 104 Å². The number of hydrogen-bond acceptors (Lipinski definition) is 4. The Morgan fingerprint density at radius 2 is 1.65 bits per heavy atom. The predicted molar refractivity (Wildman–Crippen MR) is 138 cm³/mol. The molecule has 2 atom stereocenters. The minimum atomic E-state index is -0.0311. The maximum absolute atomic E-state index is 12.7. The fourth-order valence-corrected chi connectivity index (χ4v) is 4.47. The highest BCUT2D eigenvalue weighted by Crippen LogP contribution is 2.17. The van der Waals surface area contributed by atoms with E-state index in [1.807, 2.05) is 11.9 Å². The van der Waals surface area contributed by atoms with Crippen LogP contribution in [0.4, 0.5) is 0 Å². The van der Waals surface area contributed by atoms with Crippen LogP contribution < -0.4 is 5.32 Å². The normalized spacial score (nSPS) is 19.8. The van der Waals surface area contributed by atoms with Crippen LogP contribution in [-0.2, 0) is 4.79 Å². The molecule has 2 heterocycles. The Morgan fingerprint density at radius 1 is 1.03 bits per heavy atom. The highest BCUT2D eigenvalue weighted by Gasteiger charge is 2.30. The van der Waals surface area contributed by atoms with E-state index in [4.69, 9.17) is 0 Å². The van der Waals surface area contributed by atoms with Gasteiger partial charge in [0.1, 0.15) is 0 Å². The van der Waals surface area contributed by atoms with E-state index in [1.54, 1.807) is 0 Å². The molecule has 0 bridgehead atoms. The van der Waals surface area contributed by atoms with Gasteiger partial charge in [-0.3, -0.25) is 14.7 Å². The number of halogens is 1. The number of piperazine rings is 1. The summed E-state index contributed by atoms with van der Waals surface area (Å²) in [5.41, 5.74) is 1.30. The number of hydrogen-bond donors (Lipinski definition) is 1. The lowest BCUT2D eigenvalue weighted by Crippen LogP contribution is -2.57. The third-order valence-electron chi connectivity index (χ3n) is 6.41. The first-order chi connectivity index (χ1) is 14.5.